The fraction of sp³-hybridized carbons (Fsp3) is 0.500. The van der Waals surface area contributed by atoms with Gasteiger partial charge in [0.2, 0.25) is 0 Å². The zero-order valence-corrected chi connectivity index (χ0v) is 16.0. The average molecular weight is 363 g/mol. The van der Waals surface area contributed by atoms with Crippen molar-refractivity contribution in [2.75, 3.05) is 11.9 Å². The van der Waals surface area contributed by atoms with Gasteiger partial charge in [-0.1, -0.05) is 0 Å². The van der Waals surface area contributed by atoms with Crippen LogP contribution in [0.1, 0.15) is 45.0 Å². The molecule has 0 aliphatic carbocycles. The number of aromatic nitrogens is 2. The number of esters is 1. The van der Waals surface area contributed by atoms with Crippen molar-refractivity contribution in [2.45, 2.75) is 46.8 Å². The summed E-state index contributed by atoms with van der Waals surface area (Å²) in [6, 6.07) is 3.09. The van der Waals surface area contributed by atoms with Crippen LogP contribution in [0.25, 0.3) is 11.0 Å². The molecule has 0 saturated carbocycles. The van der Waals surface area contributed by atoms with Crippen molar-refractivity contribution in [2.24, 2.45) is 7.05 Å². The van der Waals surface area contributed by atoms with E-state index in [1.165, 1.54) is 15.2 Å². The third-order valence-corrected chi connectivity index (χ3v) is 3.70. The summed E-state index contributed by atoms with van der Waals surface area (Å²) < 4.78 is 13.3. The minimum Gasteiger partial charge on any atom is -0.462 e. The molecule has 142 valence electrons. The van der Waals surface area contributed by atoms with Crippen molar-refractivity contribution >= 4 is 28.8 Å². The van der Waals surface area contributed by atoms with E-state index in [-0.39, 0.29) is 17.9 Å². The maximum absolute atomic E-state index is 12.5. The van der Waals surface area contributed by atoms with Gasteiger partial charge in [0.25, 0.3) is 0 Å². The lowest BCUT2D eigenvalue weighted by Gasteiger charge is -2.20. The number of benzene rings is 1. The standard InChI is InChI=1S/C18H25N3O5/c1-7-21-13-10-11(15(22)25-8-2)9-12(14(13)20(6)17(21)24)19-16(23)26-18(3,4)5/h9-10H,7-8H2,1-6H3,(H,19,23). The number of fused-ring (bicyclic) bond motifs is 1. The largest absolute Gasteiger partial charge is 0.462 e. The molecule has 1 aromatic heterocycles. The van der Waals surface area contributed by atoms with Crippen LogP contribution in [-0.2, 0) is 23.1 Å². The molecular weight excluding hydrogens is 338 g/mol. The van der Waals surface area contributed by atoms with Crippen LogP contribution in [0.3, 0.4) is 0 Å². The van der Waals surface area contributed by atoms with Crippen LogP contribution in [0.15, 0.2) is 16.9 Å². The molecule has 0 atom stereocenters. The lowest BCUT2D eigenvalue weighted by molar-refractivity contribution is 0.0525. The molecule has 8 nitrogen and oxygen atoms in total. The second-order valence-corrected chi connectivity index (χ2v) is 6.82. The molecule has 1 heterocycles. The van der Waals surface area contributed by atoms with Crippen molar-refractivity contribution in [3.05, 3.63) is 28.2 Å². The van der Waals surface area contributed by atoms with E-state index in [1.54, 1.807) is 40.8 Å². The molecule has 8 heteroatoms. The Morgan fingerprint density at radius 3 is 2.38 bits per heavy atom. The zero-order chi connectivity index (χ0) is 19.6. The Labute approximate surface area is 151 Å². The summed E-state index contributed by atoms with van der Waals surface area (Å²) in [5, 5.41) is 2.64. The van der Waals surface area contributed by atoms with Gasteiger partial charge in [-0.2, -0.15) is 0 Å². The highest BCUT2D eigenvalue weighted by Crippen LogP contribution is 2.26. The van der Waals surface area contributed by atoms with E-state index >= 15 is 0 Å². The molecule has 0 unspecified atom stereocenters. The number of hydrogen-bond donors (Lipinski definition) is 1. The third kappa shape index (κ3) is 3.89. The van der Waals surface area contributed by atoms with Crippen molar-refractivity contribution in [1.29, 1.82) is 0 Å². The first-order chi connectivity index (χ1) is 12.1. The molecule has 1 aromatic carbocycles. The van der Waals surface area contributed by atoms with Gasteiger partial charge in [-0.15, -0.1) is 0 Å². The smallest absolute Gasteiger partial charge is 0.412 e. The number of nitrogens with zero attached hydrogens (tertiary/aromatic N) is 2. The van der Waals surface area contributed by atoms with Crippen LogP contribution in [0.5, 0.6) is 0 Å². The highest BCUT2D eigenvalue weighted by Gasteiger charge is 2.22. The molecule has 2 rings (SSSR count). The average Bonchev–Trinajstić information content (AvgIpc) is 2.76. The maximum atomic E-state index is 12.5. The number of nitrogens with one attached hydrogen (secondary N) is 1. The molecule has 0 aliphatic rings. The fourth-order valence-corrected chi connectivity index (χ4v) is 2.70. The van der Waals surface area contributed by atoms with E-state index < -0.39 is 17.7 Å². The summed E-state index contributed by atoms with van der Waals surface area (Å²) in [6.07, 6.45) is -0.670. The van der Waals surface area contributed by atoms with E-state index in [0.29, 0.717) is 23.3 Å². The molecule has 1 N–H and O–H groups in total. The number of carbonyl (C=O) groups excluding carboxylic acids is 2. The summed E-state index contributed by atoms with van der Waals surface area (Å²) in [7, 11) is 1.61. The van der Waals surface area contributed by atoms with Gasteiger partial charge < -0.3 is 9.47 Å². The predicted octanol–water partition coefficient (Wildman–Crippen LogP) is 2.88. The Balaban J connectivity index is 2.64. The van der Waals surface area contributed by atoms with Crippen LogP contribution in [0, 0.1) is 0 Å². The van der Waals surface area contributed by atoms with Crippen molar-refractivity contribution < 1.29 is 19.1 Å². The third-order valence-electron chi connectivity index (χ3n) is 3.70. The summed E-state index contributed by atoms with van der Waals surface area (Å²) in [5.74, 6) is -0.527. The van der Waals surface area contributed by atoms with Crippen LogP contribution in [0.4, 0.5) is 10.5 Å². The number of carbonyl (C=O) groups is 2. The predicted molar refractivity (Wildman–Crippen MR) is 98.7 cm³/mol. The van der Waals surface area contributed by atoms with Crippen LogP contribution < -0.4 is 11.0 Å². The van der Waals surface area contributed by atoms with E-state index in [2.05, 4.69) is 5.32 Å². The van der Waals surface area contributed by atoms with E-state index in [9.17, 15) is 14.4 Å². The minimum atomic E-state index is -0.677. The second kappa shape index (κ2) is 7.23. The Hall–Kier alpha value is -2.77. The first-order valence-electron chi connectivity index (χ1n) is 8.49. The van der Waals surface area contributed by atoms with Crippen molar-refractivity contribution in [3.8, 4) is 0 Å². The Morgan fingerprint density at radius 2 is 1.85 bits per heavy atom. The van der Waals surface area contributed by atoms with E-state index in [4.69, 9.17) is 9.47 Å². The quantitative estimate of drug-likeness (QED) is 0.844. The Bertz CT molecular complexity index is 902. The molecule has 26 heavy (non-hydrogen) atoms. The number of amides is 1. The van der Waals surface area contributed by atoms with E-state index in [0.717, 1.165) is 0 Å². The molecule has 2 aromatic rings. The summed E-state index contributed by atoms with van der Waals surface area (Å²) in [4.78, 5) is 36.9. The van der Waals surface area contributed by atoms with Crippen LogP contribution in [-0.4, -0.2) is 33.4 Å². The molecular formula is C18H25N3O5. The van der Waals surface area contributed by atoms with Gasteiger partial charge >= 0.3 is 17.8 Å². The number of anilines is 1. The second-order valence-electron chi connectivity index (χ2n) is 6.82. The van der Waals surface area contributed by atoms with Gasteiger partial charge in [0.15, 0.2) is 0 Å². The number of hydrogen-bond acceptors (Lipinski definition) is 5. The first-order valence-corrected chi connectivity index (χ1v) is 8.49. The van der Waals surface area contributed by atoms with Gasteiger partial charge in [0.05, 0.1) is 28.9 Å². The Morgan fingerprint density at radius 1 is 1.19 bits per heavy atom. The summed E-state index contributed by atoms with van der Waals surface area (Å²) in [6.45, 7) is 9.44. The first kappa shape index (κ1) is 19.6. The van der Waals surface area contributed by atoms with Crippen LogP contribution >= 0.6 is 0 Å². The number of imidazole rings is 1. The molecule has 0 fully saturated rings. The molecule has 0 spiro atoms. The number of ether oxygens (including phenoxy) is 2. The summed E-state index contributed by atoms with van der Waals surface area (Å²) >= 11 is 0. The lowest BCUT2D eigenvalue weighted by Crippen LogP contribution is -2.27. The fourth-order valence-electron chi connectivity index (χ4n) is 2.70. The van der Waals surface area contributed by atoms with Gasteiger partial charge in [0, 0.05) is 13.6 Å². The molecule has 0 radical (unpaired) electrons. The zero-order valence-electron chi connectivity index (χ0n) is 16.0. The normalized spacial score (nSPS) is 11.5. The van der Waals surface area contributed by atoms with Gasteiger partial charge in [-0.25, -0.2) is 14.4 Å². The lowest BCUT2D eigenvalue weighted by atomic mass is 10.1. The summed E-state index contributed by atoms with van der Waals surface area (Å²) in [5.41, 5.74) is 0.691. The topological polar surface area (TPSA) is 91.6 Å². The maximum Gasteiger partial charge on any atom is 0.412 e. The molecule has 1 amide bonds. The van der Waals surface area contributed by atoms with Crippen molar-refractivity contribution in [3.63, 3.8) is 0 Å². The van der Waals surface area contributed by atoms with Crippen molar-refractivity contribution in [1.82, 2.24) is 9.13 Å². The van der Waals surface area contributed by atoms with Gasteiger partial charge in [-0.05, 0) is 46.8 Å². The van der Waals surface area contributed by atoms with Gasteiger partial charge in [0.1, 0.15) is 5.60 Å². The Kier molecular flexibility index (Phi) is 5.44. The van der Waals surface area contributed by atoms with Crippen LogP contribution in [0.2, 0.25) is 0 Å². The highest BCUT2D eigenvalue weighted by molar-refractivity contribution is 6.03. The van der Waals surface area contributed by atoms with E-state index in [1.807, 2.05) is 6.92 Å². The monoisotopic (exact) mass is 363 g/mol. The van der Waals surface area contributed by atoms with Gasteiger partial charge in [-0.3, -0.25) is 14.5 Å². The molecule has 0 bridgehead atoms. The number of rotatable bonds is 4. The number of aryl methyl sites for hydroxylation is 2. The highest BCUT2D eigenvalue weighted by atomic mass is 16.6. The molecule has 0 saturated heterocycles. The minimum absolute atomic E-state index is 0.223. The SMILES string of the molecule is CCOC(=O)c1cc(NC(=O)OC(C)(C)C)c2c(c1)n(CC)c(=O)n2C. The molecule has 0 aliphatic heterocycles.